The molecule has 0 aliphatic carbocycles. The highest BCUT2D eigenvalue weighted by atomic mass is 32.2. The topological polar surface area (TPSA) is 87.6 Å². The third-order valence-corrected chi connectivity index (χ3v) is 5.03. The Morgan fingerprint density at radius 1 is 1.07 bits per heavy atom. The Kier molecular flexibility index (Phi) is 3.75. The summed E-state index contributed by atoms with van der Waals surface area (Å²) < 4.78 is 18.4. The lowest BCUT2D eigenvalue weighted by molar-refractivity contribution is 0.174. The lowest BCUT2D eigenvalue weighted by atomic mass is 10.2. The summed E-state index contributed by atoms with van der Waals surface area (Å²) in [5.74, 6) is 3.17. The van der Waals surface area contributed by atoms with Gasteiger partial charge in [-0.05, 0) is 38.1 Å². The maximum atomic E-state index is 5.76. The van der Waals surface area contributed by atoms with Crippen LogP contribution in [0.4, 0.5) is 0 Å². The second-order valence-electron chi connectivity index (χ2n) is 6.17. The van der Waals surface area contributed by atoms with E-state index in [9.17, 15) is 0 Å². The van der Waals surface area contributed by atoms with Crippen LogP contribution in [0, 0.1) is 13.8 Å². The van der Waals surface area contributed by atoms with Crippen LogP contribution in [0.3, 0.4) is 0 Å². The first-order valence-electron chi connectivity index (χ1n) is 8.34. The van der Waals surface area contributed by atoms with Crippen molar-refractivity contribution in [3.63, 3.8) is 0 Å². The number of hydrogen-bond donors (Lipinski definition) is 0. The molecular formula is C18H15N5O3S. The first kappa shape index (κ1) is 16.1. The second-order valence-corrected chi connectivity index (χ2v) is 7.10. The molecule has 4 aromatic rings. The molecule has 0 spiro atoms. The van der Waals surface area contributed by atoms with Gasteiger partial charge in [0.2, 0.25) is 18.5 Å². The van der Waals surface area contributed by atoms with Crippen LogP contribution in [0.5, 0.6) is 11.5 Å². The van der Waals surface area contributed by atoms with Gasteiger partial charge in [-0.3, -0.25) is 4.40 Å². The number of hydrogen-bond acceptors (Lipinski definition) is 8. The SMILES string of the molecule is Cc1cc(C)n2cc(CSc3nnc(-c4ccc5c(c4)OCO5)o3)nc2n1. The van der Waals surface area contributed by atoms with Crippen LogP contribution in [-0.4, -0.2) is 31.4 Å². The maximum Gasteiger partial charge on any atom is 0.277 e. The molecule has 0 amide bonds. The fraction of sp³-hybridized carbons (Fsp3) is 0.222. The minimum atomic E-state index is 0.233. The van der Waals surface area contributed by atoms with Gasteiger partial charge in [0.1, 0.15) is 0 Å². The predicted octanol–water partition coefficient (Wildman–Crippen LogP) is 3.42. The van der Waals surface area contributed by atoms with Gasteiger partial charge in [0.05, 0.1) is 5.69 Å². The Labute approximate surface area is 158 Å². The summed E-state index contributed by atoms with van der Waals surface area (Å²) >= 11 is 1.44. The van der Waals surface area contributed by atoms with E-state index >= 15 is 0 Å². The molecule has 0 atom stereocenters. The molecule has 27 heavy (non-hydrogen) atoms. The third kappa shape index (κ3) is 2.99. The van der Waals surface area contributed by atoms with Crippen LogP contribution in [0.25, 0.3) is 17.2 Å². The molecule has 1 aliphatic rings. The van der Waals surface area contributed by atoms with E-state index in [0.717, 1.165) is 28.4 Å². The normalized spacial score (nSPS) is 12.8. The summed E-state index contributed by atoms with van der Waals surface area (Å²) in [7, 11) is 0. The van der Waals surface area contributed by atoms with Gasteiger partial charge in [0, 0.05) is 28.9 Å². The van der Waals surface area contributed by atoms with Crippen molar-refractivity contribution < 1.29 is 13.9 Å². The molecule has 1 aliphatic heterocycles. The number of fused-ring (bicyclic) bond motifs is 2. The van der Waals surface area contributed by atoms with Gasteiger partial charge < -0.3 is 13.9 Å². The second kappa shape index (κ2) is 6.27. The molecule has 5 rings (SSSR count). The van der Waals surface area contributed by atoms with Gasteiger partial charge in [-0.2, -0.15) is 0 Å². The minimum Gasteiger partial charge on any atom is -0.454 e. The molecule has 0 saturated carbocycles. The summed E-state index contributed by atoms with van der Waals surface area (Å²) in [6.45, 7) is 4.23. The summed E-state index contributed by atoms with van der Waals surface area (Å²) in [5, 5.41) is 8.72. The smallest absolute Gasteiger partial charge is 0.277 e. The molecule has 0 fully saturated rings. The van der Waals surface area contributed by atoms with Crippen LogP contribution in [0.2, 0.25) is 0 Å². The highest BCUT2D eigenvalue weighted by Crippen LogP contribution is 2.36. The zero-order valence-corrected chi connectivity index (χ0v) is 15.5. The van der Waals surface area contributed by atoms with E-state index in [2.05, 4.69) is 20.2 Å². The standard InChI is InChI=1S/C18H15N5O3S/c1-10-5-11(2)23-7-13(20-17(23)19-10)8-27-18-22-21-16(26-18)12-3-4-14-15(6-12)25-9-24-14/h3-7H,8-9H2,1-2H3. The van der Waals surface area contributed by atoms with E-state index in [-0.39, 0.29) is 6.79 Å². The van der Waals surface area contributed by atoms with Crippen molar-refractivity contribution >= 4 is 17.5 Å². The van der Waals surface area contributed by atoms with Crippen molar-refractivity contribution in [2.75, 3.05) is 6.79 Å². The Bertz CT molecular complexity index is 1150. The van der Waals surface area contributed by atoms with Crippen molar-refractivity contribution in [3.8, 4) is 23.0 Å². The number of rotatable bonds is 4. The van der Waals surface area contributed by atoms with Crippen molar-refractivity contribution in [1.82, 2.24) is 24.6 Å². The largest absolute Gasteiger partial charge is 0.454 e. The van der Waals surface area contributed by atoms with Crippen LogP contribution in [-0.2, 0) is 5.75 Å². The zero-order valence-electron chi connectivity index (χ0n) is 14.7. The van der Waals surface area contributed by atoms with Crippen LogP contribution in [0.15, 0.2) is 40.1 Å². The fourth-order valence-electron chi connectivity index (χ4n) is 2.94. The van der Waals surface area contributed by atoms with Gasteiger partial charge >= 0.3 is 0 Å². The molecule has 0 unspecified atom stereocenters. The molecule has 0 bridgehead atoms. The third-order valence-electron chi connectivity index (χ3n) is 4.18. The van der Waals surface area contributed by atoms with Gasteiger partial charge in [-0.1, -0.05) is 11.8 Å². The number of thioether (sulfide) groups is 1. The number of nitrogens with zero attached hydrogens (tertiary/aromatic N) is 5. The van der Waals surface area contributed by atoms with Gasteiger partial charge in [0.15, 0.2) is 11.5 Å². The van der Waals surface area contributed by atoms with Gasteiger partial charge in [0.25, 0.3) is 5.22 Å². The Morgan fingerprint density at radius 3 is 2.89 bits per heavy atom. The van der Waals surface area contributed by atoms with Crippen molar-refractivity contribution in [3.05, 3.63) is 47.5 Å². The number of benzene rings is 1. The molecule has 0 saturated heterocycles. The van der Waals surface area contributed by atoms with E-state index in [1.807, 2.05) is 48.7 Å². The molecule has 4 heterocycles. The van der Waals surface area contributed by atoms with Crippen LogP contribution >= 0.6 is 11.8 Å². The van der Waals surface area contributed by atoms with Gasteiger partial charge in [-0.15, -0.1) is 10.2 Å². The lowest BCUT2D eigenvalue weighted by Gasteiger charge is -1.98. The number of imidazole rings is 1. The number of ether oxygens (including phenoxy) is 2. The monoisotopic (exact) mass is 381 g/mol. The average molecular weight is 381 g/mol. The number of aryl methyl sites for hydroxylation is 2. The maximum absolute atomic E-state index is 5.76. The van der Waals surface area contributed by atoms with Crippen molar-refractivity contribution in [2.45, 2.75) is 24.8 Å². The lowest BCUT2D eigenvalue weighted by Crippen LogP contribution is -1.94. The van der Waals surface area contributed by atoms with E-state index in [1.165, 1.54) is 11.8 Å². The number of aromatic nitrogens is 5. The molecule has 136 valence electrons. The van der Waals surface area contributed by atoms with Crippen molar-refractivity contribution in [1.29, 1.82) is 0 Å². The molecule has 9 heteroatoms. The molecule has 3 aromatic heterocycles. The summed E-state index contributed by atoms with van der Waals surface area (Å²) in [6, 6.07) is 7.57. The van der Waals surface area contributed by atoms with E-state index < -0.39 is 0 Å². The fourth-order valence-corrected chi connectivity index (χ4v) is 3.58. The summed E-state index contributed by atoms with van der Waals surface area (Å²) in [5.41, 5.74) is 3.75. The van der Waals surface area contributed by atoms with E-state index in [1.54, 1.807) is 0 Å². The Hall–Kier alpha value is -3.07. The molecular weight excluding hydrogens is 366 g/mol. The first-order valence-corrected chi connectivity index (χ1v) is 9.33. The van der Waals surface area contributed by atoms with Crippen LogP contribution < -0.4 is 9.47 Å². The first-order chi connectivity index (χ1) is 13.2. The summed E-state index contributed by atoms with van der Waals surface area (Å²) in [4.78, 5) is 9.02. The predicted molar refractivity (Wildman–Crippen MR) is 97.9 cm³/mol. The highest BCUT2D eigenvalue weighted by Gasteiger charge is 2.17. The van der Waals surface area contributed by atoms with E-state index in [0.29, 0.717) is 28.4 Å². The van der Waals surface area contributed by atoms with Gasteiger partial charge in [-0.25, -0.2) is 9.97 Å². The Balaban J connectivity index is 1.33. The molecule has 1 aromatic carbocycles. The zero-order chi connectivity index (χ0) is 18.4. The molecule has 0 radical (unpaired) electrons. The highest BCUT2D eigenvalue weighted by molar-refractivity contribution is 7.98. The molecule has 0 N–H and O–H groups in total. The van der Waals surface area contributed by atoms with E-state index in [4.69, 9.17) is 13.9 Å². The van der Waals surface area contributed by atoms with Crippen molar-refractivity contribution in [2.24, 2.45) is 0 Å². The summed E-state index contributed by atoms with van der Waals surface area (Å²) in [6.07, 6.45) is 1.99. The Morgan fingerprint density at radius 2 is 1.96 bits per heavy atom. The average Bonchev–Trinajstić information content (AvgIpc) is 3.38. The van der Waals surface area contributed by atoms with Crippen LogP contribution in [0.1, 0.15) is 17.1 Å². The minimum absolute atomic E-state index is 0.233. The molecule has 8 nitrogen and oxygen atoms in total. The quantitative estimate of drug-likeness (QED) is 0.497.